The number of hydrogen-bond acceptors (Lipinski definition) is 3. The van der Waals surface area contributed by atoms with Gasteiger partial charge in [-0.1, -0.05) is 12.7 Å². The molecule has 1 atom stereocenters. The van der Waals surface area contributed by atoms with Gasteiger partial charge >= 0.3 is 5.97 Å². The molecule has 0 aromatic heterocycles. The lowest BCUT2D eigenvalue weighted by Crippen LogP contribution is -2.11. The van der Waals surface area contributed by atoms with Gasteiger partial charge in [0.15, 0.2) is 0 Å². The van der Waals surface area contributed by atoms with Crippen LogP contribution in [0.5, 0.6) is 0 Å². The topological polar surface area (TPSA) is 55.8 Å². The molecular weight excluding hydrogens is 208 g/mol. The molecule has 0 amide bonds. The Balaban J connectivity index is 3.57. The van der Waals surface area contributed by atoms with E-state index in [4.69, 9.17) is 14.6 Å². The van der Waals surface area contributed by atoms with Crippen molar-refractivity contribution in [2.75, 3.05) is 13.2 Å². The summed E-state index contributed by atoms with van der Waals surface area (Å²) in [4.78, 5) is 10.5. The fourth-order valence-electron chi connectivity index (χ4n) is 1.09. The molecule has 0 radical (unpaired) electrons. The van der Waals surface area contributed by atoms with E-state index < -0.39 is 5.97 Å². The van der Waals surface area contributed by atoms with Crippen molar-refractivity contribution >= 4 is 5.97 Å². The van der Waals surface area contributed by atoms with Crippen molar-refractivity contribution in [1.29, 1.82) is 0 Å². The van der Waals surface area contributed by atoms with E-state index >= 15 is 0 Å². The number of hydrogen-bond donors (Lipinski definition) is 1. The molecule has 0 aliphatic carbocycles. The highest BCUT2D eigenvalue weighted by molar-refractivity contribution is 5.85. The van der Waals surface area contributed by atoms with Crippen LogP contribution in [-0.2, 0) is 14.3 Å². The van der Waals surface area contributed by atoms with Gasteiger partial charge in [0.05, 0.1) is 19.0 Å². The first-order chi connectivity index (χ1) is 7.57. The predicted octanol–water partition coefficient (Wildman–Crippen LogP) is 2.36. The van der Waals surface area contributed by atoms with E-state index in [0.29, 0.717) is 25.2 Å². The van der Waals surface area contributed by atoms with Gasteiger partial charge in [0, 0.05) is 5.57 Å². The largest absolute Gasteiger partial charge is 0.499 e. The lowest BCUT2D eigenvalue weighted by molar-refractivity contribution is -0.132. The van der Waals surface area contributed by atoms with Crippen molar-refractivity contribution in [3.63, 3.8) is 0 Å². The third kappa shape index (κ3) is 8.05. The Morgan fingerprint density at radius 1 is 1.50 bits per heavy atom. The molecule has 0 heterocycles. The summed E-state index contributed by atoms with van der Waals surface area (Å²) in [6, 6.07) is 0. The second kappa shape index (κ2) is 8.97. The predicted molar refractivity (Wildman–Crippen MR) is 62.2 cm³/mol. The van der Waals surface area contributed by atoms with Crippen molar-refractivity contribution in [2.24, 2.45) is 0 Å². The highest BCUT2D eigenvalue weighted by Crippen LogP contribution is 2.05. The minimum Gasteiger partial charge on any atom is -0.499 e. The zero-order chi connectivity index (χ0) is 12.4. The van der Waals surface area contributed by atoms with Gasteiger partial charge in [-0.05, 0) is 26.7 Å². The molecule has 0 aliphatic rings. The summed E-state index contributed by atoms with van der Waals surface area (Å²) >= 11 is 0. The van der Waals surface area contributed by atoms with Gasteiger partial charge in [0.25, 0.3) is 0 Å². The van der Waals surface area contributed by atoms with Gasteiger partial charge in [-0.15, -0.1) is 0 Å². The van der Waals surface area contributed by atoms with Crippen LogP contribution in [0.25, 0.3) is 0 Å². The van der Waals surface area contributed by atoms with Gasteiger partial charge in [0.1, 0.15) is 6.61 Å². The van der Waals surface area contributed by atoms with E-state index in [0.717, 1.165) is 6.42 Å². The van der Waals surface area contributed by atoms with Crippen LogP contribution in [0.1, 0.15) is 26.7 Å². The van der Waals surface area contributed by atoms with Crippen LogP contribution in [0.15, 0.2) is 24.5 Å². The summed E-state index contributed by atoms with van der Waals surface area (Å²) in [5.41, 5.74) is 0.377. The summed E-state index contributed by atoms with van der Waals surface area (Å²) < 4.78 is 10.3. The van der Waals surface area contributed by atoms with Crippen LogP contribution >= 0.6 is 0 Å². The molecular formula is C12H20O4. The normalized spacial score (nSPS) is 13.2. The van der Waals surface area contributed by atoms with E-state index in [1.165, 1.54) is 6.26 Å². The Bertz CT molecular complexity index is 245. The molecule has 0 bridgehead atoms. The number of allylic oxidation sites excluding steroid dienone is 1. The molecule has 1 unspecified atom stereocenters. The standard InChI is InChI=1S/C12H20O4/c1-4-15-8-9-16-11(3)7-5-6-10(2)12(13)14/h4,6,11H,1,5,7-9H2,2-3H3,(H,13,14). The Labute approximate surface area is 96.6 Å². The molecule has 4 heteroatoms. The fourth-order valence-corrected chi connectivity index (χ4v) is 1.09. The van der Waals surface area contributed by atoms with Crippen LogP contribution in [0, 0.1) is 0 Å². The molecule has 0 aromatic rings. The van der Waals surface area contributed by atoms with Crippen molar-refractivity contribution in [3.05, 3.63) is 24.5 Å². The van der Waals surface area contributed by atoms with E-state index in [9.17, 15) is 4.79 Å². The van der Waals surface area contributed by atoms with E-state index in [-0.39, 0.29) is 6.10 Å². The van der Waals surface area contributed by atoms with Crippen molar-refractivity contribution in [1.82, 2.24) is 0 Å². The number of carboxylic acids is 1. The minimum absolute atomic E-state index is 0.103. The molecule has 0 spiro atoms. The Morgan fingerprint density at radius 3 is 2.75 bits per heavy atom. The summed E-state index contributed by atoms with van der Waals surface area (Å²) in [5.74, 6) is -0.868. The number of aliphatic carboxylic acids is 1. The third-order valence-corrected chi connectivity index (χ3v) is 2.08. The Kier molecular flexibility index (Phi) is 8.25. The average molecular weight is 228 g/mol. The zero-order valence-electron chi connectivity index (χ0n) is 9.94. The molecule has 0 saturated carbocycles. The maximum atomic E-state index is 10.5. The monoisotopic (exact) mass is 228 g/mol. The number of ether oxygens (including phenoxy) is 2. The first kappa shape index (κ1) is 14.7. The molecule has 1 N–H and O–H groups in total. The quantitative estimate of drug-likeness (QED) is 0.374. The zero-order valence-corrected chi connectivity index (χ0v) is 9.94. The average Bonchev–Trinajstić information content (AvgIpc) is 2.24. The smallest absolute Gasteiger partial charge is 0.330 e. The highest BCUT2D eigenvalue weighted by Gasteiger charge is 2.02. The number of carboxylic acid groups (broad SMARTS) is 1. The molecule has 4 nitrogen and oxygen atoms in total. The van der Waals surface area contributed by atoms with Crippen LogP contribution in [0.2, 0.25) is 0 Å². The van der Waals surface area contributed by atoms with Gasteiger partial charge in [-0.3, -0.25) is 0 Å². The molecule has 0 fully saturated rings. The second-order valence-electron chi connectivity index (χ2n) is 3.49. The molecule has 92 valence electrons. The van der Waals surface area contributed by atoms with Crippen LogP contribution in [0.4, 0.5) is 0 Å². The third-order valence-electron chi connectivity index (χ3n) is 2.08. The van der Waals surface area contributed by atoms with Crippen LogP contribution in [0.3, 0.4) is 0 Å². The van der Waals surface area contributed by atoms with Gasteiger partial charge in [0.2, 0.25) is 0 Å². The van der Waals surface area contributed by atoms with Crippen LogP contribution in [-0.4, -0.2) is 30.4 Å². The molecule has 0 saturated heterocycles. The fraction of sp³-hybridized carbons (Fsp3) is 0.583. The summed E-state index contributed by atoms with van der Waals surface area (Å²) in [6.07, 6.45) is 4.71. The highest BCUT2D eigenvalue weighted by atomic mass is 16.5. The number of carbonyl (C=O) groups is 1. The summed E-state index contributed by atoms with van der Waals surface area (Å²) in [7, 11) is 0. The maximum Gasteiger partial charge on any atom is 0.330 e. The van der Waals surface area contributed by atoms with E-state index in [1.807, 2.05) is 6.92 Å². The first-order valence-corrected chi connectivity index (χ1v) is 5.32. The first-order valence-electron chi connectivity index (χ1n) is 5.32. The van der Waals surface area contributed by atoms with Crippen molar-refractivity contribution < 1.29 is 19.4 Å². The minimum atomic E-state index is -0.868. The van der Waals surface area contributed by atoms with Crippen LogP contribution < -0.4 is 0 Å². The van der Waals surface area contributed by atoms with Crippen molar-refractivity contribution in [2.45, 2.75) is 32.8 Å². The number of rotatable bonds is 9. The van der Waals surface area contributed by atoms with Gasteiger partial charge in [-0.25, -0.2) is 4.79 Å². The maximum absolute atomic E-state index is 10.5. The summed E-state index contributed by atoms with van der Waals surface area (Å²) in [5, 5.41) is 8.62. The lowest BCUT2D eigenvalue weighted by atomic mass is 10.1. The van der Waals surface area contributed by atoms with E-state index in [2.05, 4.69) is 6.58 Å². The molecule has 0 aliphatic heterocycles. The molecule has 16 heavy (non-hydrogen) atoms. The van der Waals surface area contributed by atoms with Crippen molar-refractivity contribution in [3.8, 4) is 0 Å². The molecule has 0 rings (SSSR count). The van der Waals surface area contributed by atoms with E-state index in [1.54, 1.807) is 13.0 Å². The molecule has 0 aromatic carbocycles. The summed E-state index contributed by atoms with van der Waals surface area (Å²) in [6.45, 7) is 7.99. The Morgan fingerprint density at radius 2 is 2.19 bits per heavy atom. The SMILES string of the molecule is C=COCCOC(C)CCC=C(C)C(=O)O. The van der Waals surface area contributed by atoms with Gasteiger partial charge < -0.3 is 14.6 Å². The van der Waals surface area contributed by atoms with Gasteiger partial charge in [-0.2, -0.15) is 0 Å². The second-order valence-corrected chi connectivity index (χ2v) is 3.49. The Hall–Kier alpha value is -1.29. The lowest BCUT2D eigenvalue weighted by Gasteiger charge is -2.11.